The summed E-state index contributed by atoms with van der Waals surface area (Å²) in [6, 6.07) is 0.711. The van der Waals surface area contributed by atoms with Crippen molar-refractivity contribution in [3.05, 3.63) is 0 Å². The molecule has 96 valence electrons. The van der Waals surface area contributed by atoms with Crippen molar-refractivity contribution in [2.45, 2.75) is 63.5 Å². The van der Waals surface area contributed by atoms with E-state index < -0.39 is 0 Å². The van der Waals surface area contributed by atoms with Crippen molar-refractivity contribution in [1.29, 1.82) is 0 Å². The van der Waals surface area contributed by atoms with E-state index in [-0.39, 0.29) is 6.04 Å². The zero-order valence-corrected chi connectivity index (χ0v) is 10.7. The van der Waals surface area contributed by atoms with Gasteiger partial charge in [0.1, 0.15) is 0 Å². The average Bonchev–Trinajstić information content (AvgIpc) is 2.87. The summed E-state index contributed by atoms with van der Waals surface area (Å²) in [5, 5.41) is 3.40. The fourth-order valence-electron chi connectivity index (χ4n) is 3.99. The second kappa shape index (κ2) is 4.97. The number of likely N-dealkylation sites (tertiary alicyclic amines) is 1. The van der Waals surface area contributed by atoms with Gasteiger partial charge in [0.2, 0.25) is 5.91 Å². The van der Waals surface area contributed by atoms with Gasteiger partial charge in [-0.3, -0.25) is 4.79 Å². The minimum absolute atomic E-state index is 0.128. The van der Waals surface area contributed by atoms with Crippen LogP contribution in [0.2, 0.25) is 0 Å². The zero-order valence-electron chi connectivity index (χ0n) is 10.7. The van der Waals surface area contributed by atoms with Gasteiger partial charge in [0.15, 0.2) is 0 Å². The number of nitrogens with zero attached hydrogens (tertiary/aromatic N) is 1. The Labute approximate surface area is 104 Å². The van der Waals surface area contributed by atoms with Crippen LogP contribution in [0.25, 0.3) is 0 Å². The molecule has 3 nitrogen and oxygen atoms in total. The average molecular weight is 236 g/mol. The van der Waals surface area contributed by atoms with Crippen LogP contribution in [-0.4, -0.2) is 36.0 Å². The topological polar surface area (TPSA) is 32.3 Å². The first-order chi connectivity index (χ1) is 8.36. The third-order valence-electron chi connectivity index (χ3n) is 4.88. The summed E-state index contributed by atoms with van der Waals surface area (Å²) < 4.78 is 0. The van der Waals surface area contributed by atoms with E-state index in [1.165, 1.54) is 44.9 Å². The first-order valence-corrected chi connectivity index (χ1v) is 7.40. The Kier molecular flexibility index (Phi) is 3.37. The molecule has 0 bridgehead atoms. The van der Waals surface area contributed by atoms with Crippen LogP contribution in [0.3, 0.4) is 0 Å². The van der Waals surface area contributed by atoms with Crippen molar-refractivity contribution in [2.24, 2.45) is 5.92 Å². The van der Waals surface area contributed by atoms with E-state index in [9.17, 15) is 4.79 Å². The van der Waals surface area contributed by atoms with Crippen LogP contribution in [0.15, 0.2) is 0 Å². The summed E-state index contributed by atoms with van der Waals surface area (Å²) in [6.45, 7) is 2.04. The van der Waals surface area contributed by atoms with Crippen molar-refractivity contribution < 1.29 is 4.79 Å². The lowest BCUT2D eigenvalue weighted by molar-refractivity contribution is -0.138. The van der Waals surface area contributed by atoms with Crippen LogP contribution >= 0.6 is 0 Å². The van der Waals surface area contributed by atoms with Gasteiger partial charge in [-0.25, -0.2) is 0 Å². The molecule has 2 saturated heterocycles. The molecule has 1 saturated carbocycles. The molecule has 3 aliphatic rings. The van der Waals surface area contributed by atoms with E-state index in [1.807, 2.05) is 0 Å². The Morgan fingerprint density at radius 1 is 1.00 bits per heavy atom. The zero-order chi connectivity index (χ0) is 11.7. The number of fused-ring (bicyclic) bond motifs is 1. The maximum absolute atomic E-state index is 12.6. The number of carbonyl (C=O) groups excluding carboxylic acids is 1. The van der Waals surface area contributed by atoms with E-state index in [1.54, 1.807) is 0 Å². The Morgan fingerprint density at radius 3 is 2.71 bits per heavy atom. The molecule has 0 aromatic carbocycles. The highest BCUT2D eigenvalue weighted by Crippen LogP contribution is 2.37. The standard InChI is InChI=1S/C14H24N2O/c17-14(12-7-1-2-9-15-12)16-10-4-6-11-5-3-8-13(11)16/h11-13,15H,1-10H2. The monoisotopic (exact) mass is 236 g/mol. The second-order valence-corrected chi connectivity index (χ2v) is 5.93. The van der Waals surface area contributed by atoms with Gasteiger partial charge in [-0.15, -0.1) is 0 Å². The molecule has 1 aliphatic carbocycles. The number of piperidine rings is 2. The molecule has 0 radical (unpaired) electrons. The SMILES string of the molecule is O=C(C1CCCCN1)N1CCCC2CCCC21. The molecule has 2 heterocycles. The van der Waals surface area contributed by atoms with Crippen LogP contribution in [-0.2, 0) is 4.79 Å². The maximum atomic E-state index is 12.6. The molecule has 17 heavy (non-hydrogen) atoms. The number of amides is 1. The molecule has 1 amide bonds. The molecular weight excluding hydrogens is 212 g/mol. The molecule has 3 unspecified atom stereocenters. The molecule has 2 aliphatic heterocycles. The molecule has 3 fully saturated rings. The fourth-order valence-corrected chi connectivity index (χ4v) is 3.99. The highest BCUT2D eigenvalue weighted by molar-refractivity contribution is 5.82. The van der Waals surface area contributed by atoms with Crippen molar-refractivity contribution in [2.75, 3.05) is 13.1 Å². The predicted octanol–water partition coefficient (Wildman–Crippen LogP) is 1.92. The van der Waals surface area contributed by atoms with Crippen LogP contribution < -0.4 is 5.32 Å². The Bertz CT molecular complexity index is 286. The van der Waals surface area contributed by atoms with Crippen molar-refractivity contribution in [3.63, 3.8) is 0 Å². The van der Waals surface area contributed by atoms with Gasteiger partial charge in [0, 0.05) is 12.6 Å². The van der Waals surface area contributed by atoms with E-state index in [0.29, 0.717) is 11.9 Å². The first kappa shape index (κ1) is 11.5. The van der Waals surface area contributed by atoms with Gasteiger partial charge in [-0.05, 0) is 51.0 Å². The highest BCUT2D eigenvalue weighted by atomic mass is 16.2. The molecular formula is C14H24N2O. The van der Waals surface area contributed by atoms with Crippen molar-refractivity contribution >= 4 is 5.91 Å². The summed E-state index contributed by atoms with van der Waals surface area (Å²) in [7, 11) is 0. The number of nitrogens with one attached hydrogen (secondary N) is 1. The summed E-state index contributed by atoms with van der Waals surface area (Å²) in [6.07, 6.45) is 10.0. The molecule has 0 aromatic heterocycles. The van der Waals surface area contributed by atoms with Crippen LogP contribution in [0, 0.1) is 5.92 Å². The molecule has 0 spiro atoms. The van der Waals surface area contributed by atoms with Crippen molar-refractivity contribution in [1.82, 2.24) is 10.2 Å². The molecule has 1 N–H and O–H groups in total. The van der Waals surface area contributed by atoms with Crippen LogP contribution in [0.1, 0.15) is 51.4 Å². The third-order valence-corrected chi connectivity index (χ3v) is 4.88. The van der Waals surface area contributed by atoms with E-state index >= 15 is 0 Å². The predicted molar refractivity (Wildman–Crippen MR) is 67.7 cm³/mol. The Hall–Kier alpha value is -0.570. The lowest BCUT2D eigenvalue weighted by Gasteiger charge is -2.40. The number of rotatable bonds is 1. The summed E-state index contributed by atoms with van der Waals surface area (Å²) in [5.41, 5.74) is 0. The van der Waals surface area contributed by atoms with Gasteiger partial charge >= 0.3 is 0 Å². The second-order valence-electron chi connectivity index (χ2n) is 5.93. The number of hydrogen-bond acceptors (Lipinski definition) is 2. The molecule has 0 aromatic rings. The van der Waals surface area contributed by atoms with Gasteiger partial charge in [0.05, 0.1) is 6.04 Å². The maximum Gasteiger partial charge on any atom is 0.239 e. The van der Waals surface area contributed by atoms with Gasteiger partial charge < -0.3 is 10.2 Å². The summed E-state index contributed by atoms with van der Waals surface area (Å²) >= 11 is 0. The molecule has 3 rings (SSSR count). The summed E-state index contributed by atoms with van der Waals surface area (Å²) in [4.78, 5) is 14.8. The fraction of sp³-hybridized carbons (Fsp3) is 0.929. The molecule has 3 atom stereocenters. The van der Waals surface area contributed by atoms with Gasteiger partial charge in [0.25, 0.3) is 0 Å². The summed E-state index contributed by atoms with van der Waals surface area (Å²) in [5.74, 6) is 1.22. The van der Waals surface area contributed by atoms with E-state index in [0.717, 1.165) is 25.4 Å². The lowest BCUT2D eigenvalue weighted by atomic mass is 9.91. The Morgan fingerprint density at radius 2 is 1.88 bits per heavy atom. The first-order valence-electron chi connectivity index (χ1n) is 7.40. The van der Waals surface area contributed by atoms with Gasteiger partial charge in [-0.2, -0.15) is 0 Å². The number of carbonyl (C=O) groups is 1. The van der Waals surface area contributed by atoms with E-state index in [4.69, 9.17) is 0 Å². The minimum atomic E-state index is 0.128. The minimum Gasteiger partial charge on any atom is -0.338 e. The largest absolute Gasteiger partial charge is 0.338 e. The smallest absolute Gasteiger partial charge is 0.239 e. The van der Waals surface area contributed by atoms with Gasteiger partial charge in [-0.1, -0.05) is 12.8 Å². The van der Waals surface area contributed by atoms with Crippen molar-refractivity contribution in [3.8, 4) is 0 Å². The number of hydrogen-bond donors (Lipinski definition) is 1. The van der Waals surface area contributed by atoms with Crippen LogP contribution in [0.4, 0.5) is 0 Å². The Balaban J connectivity index is 1.67. The third kappa shape index (κ3) is 2.22. The van der Waals surface area contributed by atoms with E-state index in [2.05, 4.69) is 10.2 Å². The lowest BCUT2D eigenvalue weighted by Crippen LogP contribution is -2.54. The molecule has 3 heteroatoms. The highest BCUT2D eigenvalue weighted by Gasteiger charge is 2.39. The quantitative estimate of drug-likeness (QED) is 0.754. The normalized spacial score (nSPS) is 37.9. The van der Waals surface area contributed by atoms with Crippen LogP contribution in [0.5, 0.6) is 0 Å².